The highest BCUT2D eigenvalue weighted by Gasteiger charge is 2.19. The van der Waals surface area contributed by atoms with Crippen LogP contribution in [0, 0.1) is 5.82 Å². The minimum Gasteiger partial charge on any atom is -0.449 e. The van der Waals surface area contributed by atoms with E-state index in [0.717, 1.165) is 0 Å². The molecule has 104 valence electrons. The predicted octanol–water partition coefficient (Wildman–Crippen LogP) is 2.12. The average Bonchev–Trinajstić information content (AvgIpc) is 2.89. The van der Waals surface area contributed by atoms with Crippen molar-refractivity contribution in [1.82, 2.24) is 0 Å². The first-order chi connectivity index (χ1) is 9.47. The van der Waals surface area contributed by atoms with Gasteiger partial charge in [0.25, 0.3) is 5.91 Å². The van der Waals surface area contributed by atoms with E-state index in [-0.39, 0.29) is 11.6 Å². The number of halogens is 1. The van der Waals surface area contributed by atoms with Crippen LogP contribution in [-0.4, -0.2) is 18.0 Å². The van der Waals surface area contributed by atoms with Crippen molar-refractivity contribution < 1.29 is 23.1 Å². The van der Waals surface area contributed by atoms with Crippen molar-refractivity contribution in [2.75, 3.05) is 0 Å². The molecule has 0 aliphatic heterocycles. The average molecular weight is 277 g/mol. The molecule has 0 aliphatic rings. The molecule has 6 heteroatoms. The van der Waals surface area contributed by atoms with Crippen molar-refractivity contribution in [2.45, 2.75) is 13.0 Å². The Morgan fingerprint density at radius 1 is 1.20 bits per heavy atom. The van der Waals surface area contributed by atoms with Crippen molar-refractivity contribution in [2.24, 2.45) is 5.73 Å². The summed E-state index contributed by atoms with van der Waals surface area (Å²) in [4.78, 5) is 22.5. The third-order valence-corrected chi connectivity index (χ3v) is 2.62. The fourth-order valence-electron chi connectivity index (χ4n) is 1.49. The van der Waals surface area contributed by atoms with Gasteiger partial charge < -0.3 is 14.9 Å². The zero-order chi connectivity index (χ0) is 14.7. The topological polar surface area (TPSA) is 82.5 Å². The zero-order valence-electron chi connectivity index (χ0n) is 10.6. The summed E-state index contributed by atoms with van der Waals surface area (Å²) in [6.07, 6.45) is -1.04. The number of ether oxygens (including phenoxy) is 1. The van der Waals surface area contributed by atoms with Crippen LogP contribution in [0.1, 0.15) is 17.5 Å². The van der Waals surface area contributed by atoms with Crippen molar-refractivity contribution in [3.8, 4) is 11.3 Å². The summed E-state index contributed by atoms with van der Waals surface area (Å²) in [5.74, 6) is -1.57. The molecular weight excluding hydrogens is 265 g/mol. The number of hydrogen-bond acceptors (Lipinski definition) is 4. The quantitative estimate of drug-likeness (QED) is 0.868. The molecule has 0 bridgehead atoms. The van der Waals surface area contributed by atoms with Crippen LogP contribution in [0.25, 0.3) is 11.3 Å². The smallest absolute Gasteiger partial charge is 0.375 e. The Labute approximate surface area is 114 Å². The Bertz CT molecular complexity index is 633. The lowest BCUT2D eigenvalue weighted by Gasteiger charge is -2.07. The van der Waals surface area contributed by atoms with Crippen LogP contribution in [0.2, 0.25) is 0 Å². The normalized spacial score (nSPS) is 11.9. The highest BCUT2D eigenvalue weighted by molar-refractivity contribution is 5.90. The lowest BCUT2D eigenvalue weighted by molar-refractivity contribution is -0.125. The highest BCUT2D eigenvalue weighted by Crippen LogP contribution is 2.23. The minimum absolute atomic E-state index is 0.0579. The molecule has 2 N–H and O–H groups in total. The first-order valence-corrected chi connectivity index (χ1v) is 5.83. The number of carbonyl (C=O) groups excluding carboxylic acids is 2. The predicted molar refractivity (Wildman–Crippen MR) is 68.2 cm³/mol. The van der Waals surface area contributed by atoms with Gasteiger partial charge in [0.2, 0.25) is 5.76 Å². The molecule has 0 radical (unpaired) electrons. The van der Waals surface area contributed by atoms with E-state index in [9.17, 15) is 14.0 Å². The van der Waals surface area contributed by atoms with E-state index < -0.39 is 18.0 Å². The molecule has 0 saturated carbocycles. The van der Waals surface area contributed by atoms with E-state index in [4.69, 9.17) is 14.9 Å². The Morgan fingerprint density at radius 2 is 1.85 bits per heavy atom. The number of primary amides is 1. The minimum atomic E-state index is -1.04. The maximum Gasteiger partial charge on any atom is 0.375 e. The summed E-state index contributed by atoms with van der Waals surface area (Å²) in [6.45, 7) is 1.37. The van der Waals surface area contributed by atoms with Crippen molar-refractivity contribution >= 4 is 11.9 Å². The van der Waals surface area contributed by atoms with Crippen molar-refractivity contribution in [3.05, 3.63) is 48.0 Å². The number of benzene rings is 1. The van der Waals surface area contributed by atoms with E-state index in [0.29, 0.717) is 11.3 Å². The molecule has 20 heavy (non-hydrogen) atoms. The van der Waals surface area contributed by atoms with Gasteiger partial charge in [0, 0.05) is 5.56 Å². The second-order valence-electron chi connectivity index (χ2n) is 4.12. The molecule has 0 fully saturated rings. The molecule has 2 aromatic rings. The molecule has 1 aromatic carbocycles. The summed E-state index contributed by atoms with van der Waals surface area (Å²) in [5, 5.41) is 0. The number of rotatable bonds is 4. The van der Waals surface area contributed by atoms with Gasteiger partial charge in [-0.25, -0.2) is 9.18 Å². The number of nitrogens with two attached hydrogens (primary N) is 1. The van der Waals surface area contributed by atoms with Crippen LogP contribution in [0.3, 0.4) is 0 Å². The fraction of sp³-hybridized carbons (Fsp3) is 0.143. The summed E-state index contributed by atoms with van der Waals surface area (Å²) >= 11 is 0. The Morgan fingerprint density at radius 3 is 2.45 bits per heavy atom. The largest absolute Gasteiger partial charge is 0.449 e. The van der Waals surface area contributed by atoms with Gasteiger partial charge in [0.05, 0.1) is 0 Å². The number of esters is 1. The molecule has 1 atom stereocenters. The third-order valence-electron chi connectivity index (χ3n) is 2.62. The lowest BCUT2D eigenvalue weighted by atomic mass is 10.2. The van der Waals surface area contributed by atoms with Gasteiger partial charge in [-0.15, -0.1) is 0 Å². The maximum absolute atomic E-state index is 12.8. The van der Waals surface area contributed by atoms with E-state index in [1.807, 2.05) is 0 Å². The molecule has 5 nitrogen and oxygen atoms in total. The molecule has 1 aromatic heterocycles. The van der Waals surface area contributed by atoms with E-state index in [1.165, 1.54) is 37.3 Å². The van der Waals surface area contributed by atoms with E-state index in [1.54, 1.807) is 6.07 Å². The molecular formula is C14H12FNO4. The van der Waals surface area contributed by atoms with Crippen LogP contribution >= 0.6 is 0 Å². The molecule has 1 amide bonds. The second kappa shape index (κ2) is 5.56. The van der Waals surface area contributed by atoms with Crippen LogP contribution in [-0.2, 0) is 9.53 Å². The first kappa shape index (κ1) is 13.8. The van der Waals surface area contributed by atoms with E-state index in [2.05, 4.69) is 0 Å². The lowest BCUT2D eigenvalue weighted by Crippen LogP contribution is -2.30. The standard InChI is InChI=1S/C14H12FNO4/c1-8(13(16)17)19-14(18)12-7-6-11(20-12)9-2-4-10(15)5-3-9/h2-8H,1H3,(H2,16,17)/t8-/m1/s1. The van der Waals surface area contributed by atoms with Crippen LogP contribution in [0.15, 0.2) is 40.8 Å². The zero-order valence-corrected chi connectivity index (χ0v) is 10.6. The van der Waals surface area contributed by atoms with Gasteiger partial charge in [-0.05, 0) is 43.3 Å². The number of furan rings is 1. The fourth-order valence-corrected chi connectivity index (χ4v) is 1.49. The number of hydrogen-bond donors (Lipinski definition) is 1. The third kappa shape index (κ3) is 3.03. The van der Waals surface area contributed by atoms with Gasteiger partial charge >= 0.3 is 5.97 Å². The second-order valence-corrected chi connectivity index (χ2v) is 4.12. The highest BCUT2D eigenvalue weighted by atomic mass is 19.1. The summed E-state index contributed by atoms with van der Waals surface area (Å²) in [7, 11) is 0. The molecule has 0 unspecified atom stereocenters. The SMILES string of the molecule is C[C@@H](OC(=O)c1ccc(-c2ccc(F)cc2)o1)C(N)=O. The van der Waals surface area contributed by atoms with Gasteiger partial charge in [0.1, 0.15) is 11.6 Å². The van der Waals surface area contributed by atoms with Gasteiger partial charge in [-0.1, -0.05) is 0 Å². The maximum atomic E-state index is 12.8. The molecule has 0 aliphatic carbocycles. The molecule has 0 saturated heterocycles. The van der Waals surface area contributed by atoms with Gasteiger partial charge in [0.15, 0.2) is 6.10 Å². The Hall–Kier alpha value is -2.63. The van der Waals surface area contributed by atoms with Crippen molar-refractivity contribution in [3.63, 3.8) is 0 Å². The van der Waals surface area contributed by atoms with Crippen LogP contribution in [0.5, 0.6) is 0 Å². The first-order valence-electron chi connectivity index (χ1n) is 5.83. The molecule has 2 rings (SSSR count). The van der Waals surface area contributed by atoms with Gasteiger partial charge in [-0.2, -0.15) is 0 Å². The molecule has 1 heterocycles. The van der Waals surface area contributed by atoms with Crippen LogP contribution in [0.4, 0.5) is 4.39 Å². The van der Waals surface area contributed by atoms with Gasteiger partial charge in [-0.3, -0.25) is 4.79 Å². The number of carbonyl (C=O) groups is 2. The Balaban J connectivity index is 2.14. The summed E-state index contributed by atoms with van der Waals surface area (Å²) < 4.78 is 22.9. The summed E-state index contributed by atoms with van der Waals surface area (Å²) in [5.41, 5.74) is 5.61. The molecule has 0 spiro atoms. The monoisotopic (exact) mass is 277 g/mol. The van der Waals surface area contributed by atoms with Crippen molar-refractivity contribution in [1.29, 1.82) is 0 Å². The Kier molecular flexibility index (Phi) is 3.84. The van der Waals surface area contributed by atoms with E-state index >= 15 is 0 Å². The summed E-state index contributed by atoms with van der Waals surface area (Å²) in [6, 6.07) is 8.58. The van der Waals surface area contributed by atoms with Crippen LogP contribution < -0.4 is 5.73 Å². The number of amides is 1.